The second-order valence-electron chi connectivity index (χ2n) is 9.60. The second-order valence-corrected chi connectivity index (χ2v) is 10.7. The van der Waals surface area contributed by atoms with Crippen molar-refractivity contribution in [1.82, 2.24) is 4.98 Å². The standard InChI is InChI=1S/C30H30N2O3S/c1-5-35-30(34)27-22-13-10-17(2)14-26(22)36-29(27)32-28(33)23-16-25(20-12-11-18(3)19(4)15-20)31-24-9-7-6-8-21(23)24/h6-9,11-12,15-17H,5,10,13-14H2,1-4H3,(H,32,33). The van der Waals surface area contributed by atoms with Crippen LogP contribution < -0.4 is 5.32 Å². The summed E-state index contributed by atoms with van der Waals surface area (Å²) in [6.07, 6.45) is 2.77. The molecule has 0 bridgehead atoms. The maximum absolute atomic E-state index is 13.8. The number of anilines is 1. The van der Waals surface area contributed by atoms with E-state index in [1.54, 1.807) is 6.92 Å². The van der Waals surface area contributed by atoms with Crippen molar-refractivity contribution in [3.8, 4) is 11.3 Å². The van der Waals surface area contributed by atoms with Crippen LogP contribution in [0.25, 0.3) is 22.2 Å². The third-order valence-electron chi connectivity index (χ3n) is 6.98. The number of nitrogens with zero attached hydrogens (tertiary/aromatic N) is 1. The van der Waals surface area contributed by atoms with Crippen molar-refractivity contribution in [3.63, 3.8) is 0 Å². The van der Waals surface area contributed by atoms with Crippen molar-refractivity contribution in [1.29, 1.82) is 0 Å². The number of carbonyl (C=O) groups excluding carboxylic acids is 2. The summed E-state index contributed by atoms with van der Waals surface area (Å²) >= 11 is 1.50. The quantitative estimate of drug-likeness (QED) is 0.297. The molecule has 2 aromatic carbocycles. The molecule has 0 fully saturated rings. The molecular weight excluding hydrogens is 468 g/mol. The van der Waals surface area contributed by atoms with Gasteiger partial charge in [0.2, 0.25) is 0 Å². The number of carbonyl (C=O) groups is 2. The topological polar surface area (TPSA) is 68.3 Å². The number of aryl methyl sites for hydroxylation is 2. The van der Waals surface area contributed by atoms with Crippen LogP contribution in [0.15, 0.2) is 48.5 Å². The average molecular weight is 499 g/mol. The van der Waals surface area contributed by atoms with E-state index in [-0.39, 0.29) is 11.9 Å². The van der Waals surface area contributed by atoms with E-state index in [4.69, 9.17) is 9.72 Å². The van der Waals surface area contributed by atoms with E-state index in [1.165, 1.54) is 27.3 Å². The number of hydrogen-bond acceptors (Lipinski definition) is 5. The lowest BCUT2D eigenvalue weighted by Crippen LogP contribution is -2.17. The molecule has 184 valence electrons. The highest BCUT2D eigenvalue weighted by molar-refractivity contribution is 7.17. The van der Waals surface area contributed by atoms with Crippen LogP contribution in [-0.4, -0.2) is 23.5 Å². The van der Waals surface area contributed by atoms with E-state index < -0.39 is 0 Å². The SMILES string of the molecule is CCOC(=O)c1c(NC(=O)c2cc(-c3ccc(C)c(C)c3)nc3ccccc23)sc2c1CCC(C)C2. The van der Waals surface area contributed by atoms with Crippen molar-refractivity contribution >= 4 is 39.1 Å². The molecule has 1 unspecified atom stereocenters. The highest BCUT2D eigenvalue weighted by atomic mass is 32.1. The van der Waals surface area contributed by atoms with E-state index >= 15 is 0 Å². The largest absolute Gasteiger partial charge is 0.462 e. The number of pyridine rings is 1. The van der Waals surface area contributed by atoms with Crippen LogP contribution in [0.1, 0.15) is 62.6 Å². The van der Waals surface area contributed by atoms with Gasteiger partial charge in [-0.2, -0.15) is 0 Å². The van der Waals surface area contributed by atoms with Gasteiger partial charge in [-0.1, -0.05) is 37.3 Å². The van der Waals surface area contributed by atoms with Gasteiger partial charge in [0.1, 0.15) is 5.00 Å². The summed E-state index contributed by atoms with van der Waals surface area (Å²) in [6.45, 7) is 8.47. The van der Waals surface area contributed by atoms with Gasteiger partial charge in [-0.15, -0.1) is 11.3 Å². The Bertz CT molecular complexity index is 1490. The van der Waals surface area contributed by atoms with Gasteiger partial charge in [0.05, 0.1) is 28.9 Å². The number of hydrogen-bond donors (Lipinski definition) is 1. The van der Waals surface area contributed by atoms with Gasteiger partial charge in [0.15, 0.2) is 0 Å². The fraction of sp³-hybridized carbons (Fsp3) is 0.300. The molecule has 0 aliphatic heterocycles. The van der Waals surface area contributed by atoms with Gasteiger partial charge in [0, 0.05) is 15.8 Å². The van der Waals surface area contributed by atoms with Gasteiger partial charge < -0.3 is 10.1 Å². The number of nitrogens with one attached hydrogen (secondary N) is 1. The third kappa shape index (κ3) is 4.53. The lowest BCUT2D eigenvalue weighted by molar-refractivity contribution is 0.0526. The summed E-state index contributed by atoms with van der Waals surface area (Å²) in [4.78, 5) is 32.7. The molecule has 4 aromatic rings. The first-order chi connectivity index (χ1) is 17.4. The second kappa shape index (κ2) is 9.86. The Kier molecular flexibility index (Phi) is 6.63. The summed E-state index contributed by atoms with van der Waals surface area (Å²) < 4.78 is 5.38. The fourth-order valence-electron chi connectivity index (χ4n) is 4.84. The maximum Gasteiger partial charge on any atom is 0.341 e. The Labute approximate surface area is 215 Å². The van der Waals surface area contributed by atoms with Crippen LogP contribution in [0.4, 0.5) is 5.00 Å². The minimum atomic E-state index is -0.366. The molecule has 5 rings (SSSR count). The van der Waals surface area contributed by atoms with E-state index in [9.17, 15) is 9.59 Å². The van der Waals surface area contributed by atoms with E-state index in [0.717, 1.165) is 47.0 Å². The Hall–Kier alpha value is -3.51. The van der Waals surface area contributed by atoms with Crippen LogP contribution in [-0.2, 0) is 17.6 Å². The van der Waals surface area contributed by atoms with Crippen molar-refractivity contribution < 1.29 is 14.3 Å². The number of benzene rings is 2. The lowest BCUT2D eigenvalue weighted by atomic mass is 9.88. The van der Waals surface area contributed by atoms with Crippen LogP contribution in [0, 0.1) is 19.8 Å². The molecule has 1 aliphatic rings. The normalized spacial score (nSPS) is 14.9. The molecule has 2 heterocycles. The molecule has 1 aliphatic carbocycles. The molecular formula is C30H30N2O3S. The van der Waals surface area contributed by atoms with Crippen LogP contribution in [0.3, 0.4) is 0 Å². The minimum Gasteiger partial charge on any atom is -0.462 e. The van der Waals surface area contributed by atoms with Crippen molar-refractivity contribution in [3.05, 3.63) is 81.2 Å². The zero-order valence-electron chi connectivity index (χ0n) is 21.1. The van der Waals surface area contributed by atoms with E-state index in [2.05, 4.69) is 38.2 Å². The highest BCUT2D eigenvalue weighted by Crippen LogP contribution is 2.40. The minimum absolute atomic E-state index is 0.254. The molecule has 5 nitrogen and oxygen atoms in total. The molecule has 1 amide bonds. The first-order valence-corrected chi connectivity index (χ1v) is 13.3. The maximum atomic E-state index is 13.8. The van der Waals surface area contributed by atoms with Gasteiger partial charge in [-0.3, -0.25) is 4.79 Å². The molecule has 0 saturated carbocycles. The average Bonchev–Trinajstić information content (AvgIpc) is 3.21. The number of fused-ring (bicyclic) bond motifs is 2. The number of rotatable bonds is 5. The Morgan fingerprint density at radius 3 is 2.69 bits per heavy atom. The fourth-order valence-corrected chi connectivity index (χ4v) is 6.23. The zero-order valence-corrected chi connectivity index (χ0v) is 21.9. The smallest absolute Gasteiger partial charge is 0.341 e. The monoisotopic (exact) mass is 498 g/mol. The van der Waals surface area contributed by atoms with Gasteiger partial charge >= 0.3 is 5.97 Å². The molecule has 1 atom stereocenters. The van der Waals surface area contributed by atoms with E-state index in [1.807, 2.05) is 36.4 Å². The predicted octanol–water partition coefficient (Wildman–Crippen LogP) is 7.13. The first-order valence-electron chi connectivity index (χ1n) is 12.5. The number of esters is 1. The summed E-state index contributed by atoms with van der Waals surface area (Å²) in [5, 5.41) is 4.43. The number of amides is 1. The highest BCUT2D eigenvalue weighted by Gasteiger charge is 2.29. The summed E-state index contributed by atoms with van der Waals surface area (Å²) in [7, 11) is 0. The molecule has 36 heavy (non-hydrogen) atoms. The molecule has 6 heteroatoms. The molecule has 2 aromatic heterocycles. The summed E-state index contributed by atoms with van der Waals surface area (Å²) in [6, 6.07) is 15.7. The van der Waals surface area contributed by atoms with Gasteiger partial charge in [0.25, 0.3) is 5.91 Å². The third-order valence-corrected chi connectivity index (χ3v) is 8.15. The molecule has 0 spiro atoms. The molecule has 0 radical (unpaired) electrons. The Morgan fingerprint density at radius 2 is 1.92 bits per heavy atom. The number of thiophene rings is 1. The molecule has 0 saturated heterocycles. The summed E-state index contributed by atoms with van der Waals surface area (Å²) in [5.74, 6) is -0.0643. The number of para-hydroxylation sites is 1. The van der Waals surface area contributed by atoms with Crippen molar-refractivity contribution in [2.75, 3.05) is 11.9 Å². The van der Waals surface area contributed by atoms with Crippen molar-refractivity contribution in [2.45, 2.75) is 47.0 Å². The lowest BCUT2D eigenvalue weighted by Gasteiger charge is -2.18. The van der Waals surface area contributed by atoms with Gasteiger partial charge in [-0.05, 0) is 80.8 Å². The van der Waals surface area contributed by atoms with Gasteiger partial charge in [-0.25, -0.2) is 9.78 Å². The Morgan fingerprint density at radius 1 is 1.11 bits per heavy atom. The molecule has 1 N–H and O–H groups in total. The number of ether oxygens (including phenoxy) is 1. The van der Waals surface area contributed by atoms with Crippen LogP contribution in [0.2, 0.25) is 0 Å². The first kappa shape index (κ1) is 24.2. The summed E-state index contributed by atoms with van der Waals surface area (Å²) in [5.41, 5.74) is 6.92. The number of aromatic nitrogens is 1. The Balaban J connectivity index is 1.58. The van der Waals surface area contributed by atoms with Crippen LogP contribution >= 0.6 is 11.3 Å². The zero-order chi connectivity index (χ0) is 25.4. The van der Waals surface area contributed by atoms with Crippen molar-refractivity contribution in [2.24, 2.45) is 5.92 Å². The predicted molar refractivity (Wildman–Crippen MR) is 146 cm³/mol. The van der Waals surface area contributed by atoms with Crippen LogP contribution in [0.5, 0.6) is 0 Å². The van der Waals surface area contributed by atoms with E-state index in [0.29, 0.717) is 28.7 Å².